The van der Waals surface area contributed by atoms with E-state index in [2.05, 4.69) is 22.0 Å². The minimum absolute atomic E-state index is 0.438. The number of rotatable bonds is 4. The van der Waals surface area contributed by atoms with E-state index in [0.29, 0.717) is 29.3 Å². The maximum absolute atomic E-state index is 11.0. The first-order valence-corrected chi connectivity index (χ1v) is 7.42. The van der Waals surface area contributed by atoms with Crippen molar-refractivity contribution in [3.05, 3.63) is 89.1 Å². The lowest BCUT2D eigenvalue weighted by atomic mass is 10.1. The van der Waals surface area contributed by atoms with Crippen molar-refractivity contribution in [2.75, 3.05) is 0 Å². The van der Waals surface area contributed by atoms with Gasteiger partial charge >= 0.3 is 0 Å². The summed E-state index contributed by atoms with van der Waals surface area (Å²) in [5.41, 5.74) is 2.80. The van der Waals surface area contributed by atoms with E-state index in [1.165, 1.54) is 0 Å². The highest BCUT2D eigenvalue weighted by molar-refractivity contribution is 5.79. The van der Waals surface area contributed by atoms with E-state index in [1.54, 1.807) is 30.3 Å². The van der Waals surface area contributed by atoms with Gasteiger partial charge in [0, 0.05) is 17.2 Å². The number of hydrogen-bond donors (Lipinski definition) is 0. The van der Waals surface area contributed by atoms with Gasteiger partial charge in [0.25, 0.3) is 0 Å². The third-order valence-electron chi connectivity index (χ3n) is 3.28. The second-order valence-electron chi connectivity index (χ2n) is 4.99. The lowest BCUT2D eigenvalue weighted by Crippen LogP contribution is -1.98. The molecule has 1 aromatic heterocycles. The SMILES string of the molecule is O=Cc1ccccc1C#Cc1ccc(OCc2ccccc2)nn1. The highest BCUT2D eigenvalue weighted by Crippen LogP contribution is 2.09. The van der Waals surface area contributed by atoms with Gasteiger partial charge in [0.15, 0.2) is 6.29 Å². The van der Waals surface area contributed by atoms with E-state index < -0.39 is 0 Å². The zero-order chi connectivity index (χ0) is 16.6. The van der Waals surface area contributed by atoms with Crippen LogP contribution in [0.2, 0.25) is 0 Å². The maximum atomic E-state index is 11.0. The van der Waals surface area contributed by atoms with Crippen LogP contribution in [-0.4, -0.2) is 16.5 Å². The second kappa shape index (κ2) is 7.70. The summed E-state index contributed by atoms with van der Waals surface area (Å²) >= 11 is 0. The van der Waals surface area contributed by atoms with Crippen molar-refractivity contribution in [2.45, 2.75) is 6.61 Å². The summed E-state index contributed by atoms with van der Waals surface area (Å²) in [5.74, 6) is 6.27. The van der Waals surface area contributed by atoms with Crippen LogP contribution in [0.1, 0.15) is 27.2 Å². The summed E-state index contributed by atoms with van der Waals surface area (Å²) in [4.78, 5) is 11.0. The molecule has 3 rings (SSSR count). The fourth-order valence-electron chi connectivity index (χ4n) is 2.04. The first-order chi connectivity index (χ1) is 11.8. The molecule has 1 heterocycles. The molecule has 0 aliphatic rings. The van der Waals surface area contributed by atoms with Gasteiger partial charge in [-0.3, -0.25) is 4.79 Å². The Balaban J connectivity index is 1.67. The van der Waals surface area contributed by atoms with Crippen molar-refractivity contribution in [3.8, 4) is 17.7 Å². The van der Waals surface area contributed by atoms with E-state index in [-0.39, 0.29) is 0 Å². The highest BCUT2D eigenvalue weighted by Gasteiger charge is 1.99. The van der Waals surface area contributed by atoms with Crippen LogP contribution in [0, 0.1) is 11.8 Å². The van der Waals surface area contributed by atoms with Crippen molar-refractivity contribution in [2.24, 2.45) is 0 Å². The largest absolute Gasteiger partial charge is 0.472 e. The van der Waals surface area contributed by atoms with Crippen LogP contribution in [0.5, 0.6) is 5.88 Å². The lowest BCUT2D eigenvalue weighted by Gasteiger charge is -2.04. The molecular weight excluding hydrogens is 300 g/mol. The standard InChI is InChI=1S/C20H14N2O2/c23-14-18-9-5-4-8-17(18)10-11-19-12-13-20(22-21-19)24-15-16-6-2-1-3-7-16/h1-9,12-14H,15H2. The van der Waals surface area contributed by atoms with Crippen LogP contribution < -0.4 is 4.74 Å². The second-order valence-corrected chi connectivity index (χ2v) is 4.99. The zero-order valence-electron chi connectivity index (χ0n) is 12.8. The van der Waals surface area contributed by atoms with Crippen LogP contribution in [0.4, 0.5) is 0 Å². The van der Waals surface area contributed by atoms with E-state index in [0.717, 1.165) is 11.8 Å². The molecule has 0 bridgehead atoms. The topological polar surface area (TPSA) is 52.1 Å². The van der Waals surface area contributed by atoms with Gasteiger partial charge in [-0.15, -0.1) is 10.2 Å². The average Bonchev–Trinajstić information content (AvgIpc) is 2.66. The molecule has 116 valence electrons. The van der Waals surface area contributed by atoms with Crippen molar-refractivity contribution < 1.29 is 9.53 Å². The van der Waals surface area contributed by atoms with E-state index in [9.17, 15) is 4.79 Å². The molecule has 0 saturated heterocycles. The molecule has 3 aromatic rings. The first kappa shape index (κ1) is 15.4. The van der Waals surface area contributed by atoms with Crippen LogP contribution in [-0.2, 0) is 6.61 Å². The summed E-state index contributed by atoms with van der Waals surface area (Å²) < 4.78 is 5.58. The summed E-state index contributed by atoms with van der Waals surface area (Å²) in [5, 5.41) is 8.03. The zero-order valence-corrected chi connectivity index (χ0v) is 12.8. The number of carbonyl (C=O) groups excluding carboxylic acids is 1. The van der Waals surface area contributed by atoms with Gasteiger partial charge in [0.05, 0.1) is 0 Å². The molecule has 0 spiro atoms. The number of hydrogen-bond acceptors (Lipinski definition) is 4. The van der Waals surface area contributed by atoms with Gasteiger partial charge in [-0.2, -0.15) is 0 Å². The Morgan fingerprint density at radius 3 is 2.42 bits per heavy atom. The summed E-state index contributed by atoms with van der Waals surface area (Å²) in [6, 6.07) is 20.5. The number of benzene rings is 2. The molecule has 2 aromatic carbocycles. The number of aldehydes is 1. The molecule has 0 radical (unpaired) electrons. The molecule has 0 saturated carbocycles. The molecule has 0 unspecified atom stereocenters. The summed E-state index contributed by atoms with van der Waals surface area (Å²) in [6.45, 7) is 0.438. The molecule has 0 aliphatic heterocycles. The molecule has 0 N–H and O–H groups in total. The fourth-order valence-corrected chi connectivity index (χ4v) is 2.04. The molecule has 0 fully saturated rings. The summed E-state index contributed by atoms with van der Waals surface area (Å²) in [7, 11) is 0. The Bertz CT molecular complexity index is 879. The number of carbonyl (C=O) groups is 1. The predicted octanol–water partition coefficient (Wildman–Crippen LogP) is 3.27. The maximum Gasteiger partial charge on any atom is 0.233 e. The van der Waals surface area contributed by atoms with Gasteiger partial charge < -0.3 is 4.74 Å². The van der Waals surface area contributed by atoms with Crippen LogP contribution >= 0.6 is 0 Å². The molecule has 4 nitrogen and oxygen atoms in total. The van der Waals surface area contributed by atoms with Crippen LogP contribution in [0.15, 0.2) is 66.7 Å². The molecule has 4 heteroatoms. The number of nitrogens with zero attached hydrogens (tertiary/aromatic N) is 2. The molecular formula is C20H14N2O2. The molecule has 0 amide bonds. The van der Waals surface area contributed by atoms with Gasteiger partial charge in [0.2, 0.25) is 5.88 Å². The fraction of sp³-hybridized carbons (Fsp3) is 0.0500. The molecule has 0 atom stereocenters. The first-order valence-electron chi connectivity index (χ1n) is 7.42. The smallest absolute Gasteiger partial charge is 0.233 e. The van der Waals surface area contributed by atoms with Crippen LogP contribution in [0.25, 0.3) is 0 Å². The van der Waals surface area contributed by atoms with Gasteiger partial charge in [-0.05, 0) is 23.6 Å². The molecule has 0 aliphatic carbocycles. The Hall–Kier alpha value is -3.45. The van der Waals surface area contributed by atoms with Crippen molar-refractivity contribution in [3.63, 3.8) is 0 Å². The summed E-state index contributed by atoms with van der Waals surface area (Å²) in [6.07, 6.45) is 0.788. The van der Waals surface area contributed by atoms with Gasteiger partial charge in [-0.25, -0.2) is 0 Å². The van der Waals surface area contributed by atoms with E-state index in [1.807, 2.05) is 36.4 Å². The number of ether oxygens (including phenoxy) is 1. The Kier molecular flexibility index (Phi) is 4.96. The normalized spacial score (nSPS) is 9.67. The van der Waals surface area contributed by atoms with Gasteiger partial charge in [-0.1, -0.05) is 54.5 Å². The monoisotopic (exact) mass is 314 g/mol. The van der Waals surface area contributed by atoms with E-state index >= 15 is 0 Å². The molecule has 24 heavy (non-hydrogen) atoms. The van der Waals surface area contributed by atoms with Crippen molar-refractivity contribution in [1.82, 2.24) is 10.2 Å². The quantitative estimate of drug-likeness (QED) is 0.548. The Morgan fingerprint density at radius 2 is 1.67 bits per heavy atom. The average molecular weight is 314 g/mol. The minimum Gasteiger partial charge on any atom is -0.472 e. The van der Waals surface area contributed by atoms with Gasteiger partial charge in [0.1, 0.15) is 12.3 Å². The van der Waals surface area contributed by atoms with Crippen LogP contribution in [0.3, 0.4) is 0 Å². The Morgan fingerprint density at radius 1 is 0.875 bits per heavy atom. The third-order valence-corrected chi connectivity index (χ3v) is 3.28. The predicted molar refractivity (Wildman–Crippen MR) is 90.6 cm³/mol. The van der Waals surface area contributed by atoms with Crippen molar-refractivity contribution in [1.29, 1.82) is 0 Å². The minimum atomic E-state index is 0.438. The lowest BCUT2D eigenvalue weighted by molar-refractivity contribution is 0.112. The van der Waals surface area contributed by atoms with Crippen molar-refractivity contribution >= 4 is 6.29 Å². The number of aromatic nitrogens is 2. The highest BCUT2D eigenvalue weighted by atomic mass is 16.5. The third kappa shape index (κ3) is 4.05. The van der Waals surface area contributed by atoms with E-state index in [4.69, 9.17) is 4.74 Å². The Labute approximate surface area is 140 Å².